The molecule has 1 aromatic rings. The Morgan fingerprint density at radius 2 is 2.00 bits per heavy atom. The Labute approximate surface area is 152 Å². The molecule has 0 aliphatic carbocycles. The van der Waals surface area contributed by atoms with Gasteiger partial charge in [-0.2, -0.15) is 0 Å². The summed E-state index contributed by atoms with van der Waals surface area (Å²) in [6.07, 6.45) is 0.833. The van der Waals surface area contributed by atoms with E-state index in [1.807, 2.05) is 6.92 Å². The Hall–Kier alpha value is -0.630. The highest BCUT2D eigenvalue weighted by molar-refractivity contribution is 9.10. The van der Waals surface area contributed by atoms with E-state index in [0.717, 1.165) is 24.0 Å². The fraction of sp³-hybridized carbons (Fsp3) is 0.533. The van der Waals surface area contributed by atoms with Gasteiger partial charge < -0.3 is 10.6 Å². The lowest BCUT2D eigenvalue weighted by atomic mass is 9.95. The zero-order chi connectivity index (χ0) is 16.2. The van der Waals surface area contributed by atoms with Gasteiger partial charge in [0, 0.05) is 10.5 Å². The number of carbonyl (C=O) groups is 1. The zero-order valence-electron chi connectivity index (χ0n) is 12.9. The highest BCUT2D eigenvalue weighted by atomic mass is 79.9. The summed E-state index contributed by atoms with van der Waals surface area (Å²) in [5.74, 6) is -0.669. The molecule has 0 aromatic heterocycles. The molecule has 2 atom stereocenters. The maximum absolute atomic E-state index is 12.1. The second-order valence-electron chi connectivity index (χ2n) is 5.80. The van der Waals surface area contributed by atoms with Crippen molar-refractivity contribution >= 4 is 44.1 Å². The smallest absolute Gasteiger partial charge is 0.235 e. The first kappa shape index (κ1) is 20.4. The van der Waals surface area contributed by atoms with Crippen LogP contribution < -0.4 is 10.6 Å². The van der Waals surface area contributed by atoms with Crippen LogP contribution in [0.1, 0.15) is 18.9 Å². The van der Waals surface area contributed by atoms with Crippen LogP contribution >= 0.6 is 28.3 Å². The molecule has 1 saturated heterocycles. The first-order valence-corrected chi connectivity index (χ1v) is 9.92. The molecule has 1 fully saturated rings. The van der Waals surface area contributed by atoms with E-state index in [1.54, 1.807) is 24.3 Å². The average molecular weight is 426 g/mol. The Balaban J connectivity index is 0.00000264. The van der Waals surface area contributed by atoms with E-state index in [1.165, 1.54) is 0 Å². The van der Waals surface area contributed by atoms with Crippen LogP contribution in [0, 0.1) is 5.92 Å². The SMILES string of the molecule is CC1CNCCC1NC(=O)CS(=O)(=O)Cc1ccc(Br)cc1.Cl. The quantitative estimate of drug-likeness (QED) is 0.755. The van der Waals surface area contributed by atoms with E-state index in [-0.39, 0.29) is 24.2 Å². The first-order valence-electron chi connectivity index (χ1n) is 7.31. The number of benzene rings is 1. The molecule has 130 valence electrons. The molecule has 2 N–H and O–H groups in total. The lowest BCUT2D eigenvalue weighted by Crippen LogP contribution is -2.49. The van der Waals surface area contributed by atoms with Crippen molar-refractivity contribution in [3.8, 4) is 0 Å². The molecule has 2 rings (SSSR count). The summed E-state index contributed by atoms with van der Waals surface area (Å²) in [5, 5.41) is 6.10. The molecule has 1 aromatic carbocycles. The van der Waals surface area contributed by atoms with Gasteiger partial charge in [0.2, 0.25) is 5.91 Å². The number of nitrogens with one attached hydrogen (secondary N) is 2. The maximum Gasteiger partial charge on any atom is 0.235 e. The average Bonchev–Trinajstić information content (AvgIpc) is 2.43. The first-order chi connectivity index (χ1) is 10.4. The summed E-state index contributed by atoms with van der Waals surface area (Å²) in [6.45, 7) is 3.74. The molecule has 0 radical (unpaired) electrons. The maximum atomic E-state index is 12.1. The Morgan fingerprint density at radius 1 is 1.35 bits per heavy atom. The van der Waals surface area contributed by atoms with Gasteiger partial charge in [-0.05, 0) is 43.1 Å². The van der Waals surface area contributed by atoms with Crippen molar-refractivity contribution in [2.45, 2.75) is 25.1 Å². The van der Waals surface area contributed by atoms with Crippen molar-refractivity contribution in [3.63, 3.8) is 0 Å². The number of hydrogen-bond acceptors (Lipinski definition) is 4. The second-order valence-corrected chi connectivity index (χ2v) is 8.78. The van der Waals surface area contributed by atoms with Crippen LogP contribution in [0.4, 0.5) is 0 Å². The minimum atomic E-state index is -3.46. The van der Waals surface area contributed by atoms with E-state index < -0.39 is 21.5 Å². The van der Waals surface area contributed by atoms with E-state index in [0.29, 0.717) is 11.5 Å². The van der Waals surface area contributed by atoms with Crippen molar-refractivity contribution in [2.75, 3.05) is 18.8 Å². The summed E-state index contributed by atoms with van der Waals surface area (Å²) in [6, 6.07) is 7.13. The van der Waals surface area contributed by atoms with Gasteiger partial charge in [-0.1, -0.05) is 35.0 Å². The van der Waals surface area contributed by atoms with Crippen molar-refractivity contribution < 1.29 is 13.2 Å². The Morgan fingerprint density at radius 3 is 2.61 bits per heavy atom. The number of hydrogen-bond donors (Lipinski definition) is 2. The van der Waals surface area contributed by atoms with E-state index in [4.69, 9.17) is 0 Å². The molecule has 0 saturated carbocycles. The zero-order valence-corrected chi connectivity index (χ0v) is 16.1. The fourth-order valence-corrected chi connectivity index (χ4v) is 4.11. The number of carbonyl (C=O) groups excluding carboxylic acids is 1. The van der Waals surface area contributed by atoms with E-state index in [9.17, 15) is 13.2 Å². The lowest BCUT2D eigenvalue weighted by molar-refractivity contribution is -0.119. The van der Waals surface area contributed by atoms with Crippen LogP contribution in [0.3, 0.4) is 0 Å². The highest BCUT2D eigenvalue weighted by Gasteiger charge is 2.25. The van der Waals surface area contributed by atoms with Gasteiger partial charge in [-0.25, -0.2) is 8.42 Å². The topological polar surface area (TPSA) is 75.3 Å². The van der Waals surface area contributed by atoms with Gasteiger partial charge in [0.1, 0.15) is 5.75 Å². The van der Waals surface area contributed by atoms with Crippen molar-refractivity contribution in [1.29, 1.82) is 0 Å². The van der Waals surface area contributed by atoms with Crippen molar-refractivity contribution in [1.82, 2.24) is 10.6 Å². The molecule has 2 unspecified atom stereocenters. The van der Waals surface area contributed by atoms with Crippen LogP contribution in [0.5, 0.6) is 0 Å². The minimum Gasteiger partial charge on any atom is -0.352 e. The summed E-state index contributed by atoms with van der Waals surface area (Å²) in [4.78, 5) is 12.0. The summed E-state index contributed by atoms with van der Waals surface area (Å²) in [5.41, 5.74) is 0.686. The van der Waals surface area contributed by atoms with Gasteiger partial charge in [0.05, 0.1) is 5.75 Å². The Kier molecular flexibility index (Phi) is 8.00. The highest BCUT2D eigenvalue weighted by Crippen LogP contribution is 2.14. The number of amides is 1. The lowest BCUT2D eigenvalue weighted by Gasteiger charge is -2.30. The molecule has 23 heavy (non-hydrogen) atoms. The van der Waals surface area contributed by atoms with Crippen molar-refractivity contribution in [2.24, 2.45) is 5.92 Å². The molecule has 1 amide bonds. The predicted octanol–water partition coefficient (Wildman–Crippen LogP) is 1.90. The molecule has 8 heteroatoms. The van der Waals surface area contributed by atoms with Crippen molar-refractivity contribution in [3.05, 3.63) is 34.3 Å². The summed E-state index contributed by atoms with van der Waals surface area (Å²) >= 11 is 3.31. The monoisotopic (exact) mass is 424 g/mol. The van der Waals surface area contributed by atoms with E-state index in [2.05, 4.69) is 26.6 Å². The molecule has 0 spiro atoms. The van der Waals surface area contributed by atoms with Gasteiger partial charge in [0.15, 0.2) is 9.84 Å². The van der Waals surface area contributed by atoms with Gasteiger partial charge >= 0.3 is 0 Å². The standard InChI is InChI=1S/C15H21BrN2O3S.ClH/c1-11-8-17-7-6-14(11)18-15(19)10-22(20,21)9-12-2-4-13(16)5-3-12;/h2-5,11,14,17H,6-10H2,1H3,(H,18,19);1H. The second kappa shape index (κ2) is 9.01. The molecule has 5 nitrogen and oxygen atoms in total. The molecule has 1 aliphatic heterocycles. The number of sulfone groups is 1. The molecule has 1 aliphatic rings. The third-order valence-corrected chi connectivity index (χ3v) is 5.79. The van der Waals surface area contributed by atoms with Crippen LogP contribution in [0.15, 0.2) is 28.7 Å². The number of rotatable bonds is 5. The molecule has 1 heterocycles. The largest absolute Gasteiger partial charge is 0.352 e. The van der Waals surface area contributed by atoms with Crippen LogP contribution in [0.2, 0.25) is 0 Å². The van der Waals surface area contributed by atoms with Gasteiger partial charge in [0.25, 0.3) is 0 Å². The molecular formula is C15H22BrClN2O3S. The summed E-state index contributed by atoms with van der Waals surface area (Å²) < 4.78 is 25.2. The molecule has 0 bridgehead atoms. The minimum absolute atomic E-state index is 0. The number of piperidine rings is 1. The van der Waals surface area contributed by atoms with Gasteiger partial charge in [-0.3, -0.25) is 4.79 Å². The molecular weight excluding hydrogens is 404 g/mol. The predicted molar refractivity (Wildman–Crippen MR) is 97.5 cm³/mol. The van der Waals surface area contributed by atoms with E-state index >= 15 is 0 Å². The van der Waals surface area contributed by atoms with Crippen LogP contribution in [-0.2, 0) is 20.4 Å². The normalized spacial score (nSPS) is 21.3. The number of halogens is 2. The summed E-state index contributed by atoms with van der Waals surface area (Å²) in [7, 11) is -3.46. The Bertz CT molecular complexity index is 622. The third-order valence-electron chi connectivity index (χ3n) is 3.78. The third kappa shape index (κ3) is 6.79. The fourth-order valence-electron chi connectivity index (χ4n) is 2.56. The van der Waals surface area contributed by atoms with Crippen LogP contribution in [0.25, 0.3) is 0 Å². The van der Waals surface area contributed by atoms with Crippen LogP contribution in [-0.4, -0.2) is 39.2 Å². The van der Waals surface area contributed by atoms with Gasteiger partial charge in [-0.15, -0.1) is 12.4 Å².